The number of nitrogens with one attached hydrogen (secondary N) is 1. The fourth-order valence-electron chi connectivity index (χ4n) is 3.41. The number of rotatable bonds is 4. The molecule has 3 aromatic heterocycles. The SMILES string of the molecule is O=C(Nc1ccc(Br)cn1)C1CCCN(Cc2cn3cc(Br)ccc3n2)C1. The van der Waals surface area contributed by atoms with Gasteiger partial charge in [-0.1, -0.05) is 0 Å². The molecule has 0 aromatic carbocycles. The van der Waals surface area contributed by atoms with Gasteiger partial charge in [0, 0.05) is 40.6 Å². The van der Waals surface area contributed by atoms with Crippen LogP contribution in [0.4, 0.5) is 5.82 Å². The quantitative estimate of drug-likeness (QED) is 0.595. The van der Waals surface area contributed by atoms with Gasteiger partial charge in [-0.3, -0.25) is 9.69 Å². The van der Waals surface area contributed by atoms with Gasteiger partial charge in [-0.25, -0.2) is 9.97 Å². The van der Waals surface area contributed by atoms with E-state index in [0.29, 0.717) is 5.82 Å². The Morgan fingerprint density at radius 2 is 2.04 bits per heavy atom. The van der Waals surface area contributed by atoms with Crippen molar-refractivity contribution < 1.29 is 4.79 Å². The third-order valence-corrected chi connectivity index (χ3v) is 5.64. The molecule has 1 saturated heterocycles. The molecular formula is C19H19Br2N5O. The van der Waals surface area contributed by atoms with E-state index >= 15 is 0 Å². The topological polar surface area (TPSA) is 62.5 Å². The number of carbonyl (C=O) groups is 1. The predicted molar refractivity (Wildman–Crippen MR) is 111 cm³/mol. The van der Waals surface area contributed by atoms with Gasteiger partial charge in [0.1, 0.15) is 11.5 Å². The van der Waals surface area contributed by atoms with Gasteiger partial charge in [-0.15, -0.1) is 0 Å². The number of fused-ring (bicyclic) bond motifs is 1. The molecule has 1 aliphatic heterocycles. The van der Waals surface area contributed by atoms with Gasteiger partial charge in [0.15, 0.2) is 0 Å². The molecule has 27 heavy (non-hydrogen) atoms. The Balaban J connectivity index is 1.39. The van der Waals surface area contributed by atoms with Crippen molar-refractivity contribution in [3.05, 3.63) is 57.5 Å². The Labute approximate surface area is 174 Å². The Morgan fingerprint density at radius 1 is 1.19 bits per heavy atom. The number of carbonyl (C=O) groups excluding carboxylic acids is 1. The molecule has 0 spiro atoms. The molecule has 4 rings (SSSR count). The van der Waals surface area contributed by atoms with Gasteiger partial charge in [-0.2, -0.15) is 0 Å². The van der Waals surface area contributed by atoms with Crippen LogP contribution in [0.5, 0.6) is 0 Å². The second-order valence-electron chi connectivity index (χ2n) is 6.77. The summed E-state index contributed by atoms with van der Waals surface area (Å²) in [5.41, 5.74) is 1.95. The molecule has 1 atom stereocenters. The number of nitrogens with zero attached hydrogens (tertiary/aromatic N) is 4. The van der Waals surface area contributed by atoms with Crippen molar-refractivity contribution in [2.75, 3.05) is 18.4 Å². The summed E-state index contributed by atoms with van der Waals surface area (Å²) in [6.45, 7) is 2.47. The molecule has 1 fully saturated rings. The second-order valence-corrected chi connectivity index (χ2v) is 8.60. The van der Waals surface area contributed by atoms with E-state index in [0.717, 1.165) is 52.8 Å². The first-order valence-corrected chi connectivity index (χ1v) is 10.4. The minimum atomic E-state index is -0.0321. The van der Waals surface area contributed by atoms with E-state index in [-0.39, 0.29) is 11.8 Å². The lowest BCUT2D eigenvalue weighted by atomic mass is 9.97. The highest BCUT2D eigenvalue weighted by molar-refractivity contribution is 9.10. The molecule has 1 unspecified atom stereocenters. The van der Waals surface area contributed by atoms with E-state index in [1.165, 1.54) is 0 Å². The van der Waals surface area contributed by atoms with Gasteiger partial charge in [-0.05, 0) is 75.5 Å². The summed E-state index contributed by atoms with van der Waals surface area (Å²) in [7, 11) is 0. The summed E-state index contributed by atoms with van der Waals surface area (Å²) < 4.78 is 3.94. The van der Waals surface area contributed by atoms with Crippen LogP contribution in [0.2, 0.25) is 0 Å². The predicted octanol–water partition coefficient (Wildman–Crippen LogP) is 4.11. The number of hydrogen-bond acceptors (Lipinski definition) is 4. The molecule has 0 saturated carbocycles. The molecule has 4 heterocycles. The molecule has 140 valence electrons. The maximum absolute atomic E-state index is 12.6. The van der Waals surface area contributed by atoms with Gasteiger partial charge in [0.05, 0.1) is 11.6 Å². The third kappa shape index (κ3) is 4.56. The van der Waals surface area contributed by atoms with Crippen molar-refractivity contribution in [1.29, 1.82) is 0 Å². The minimum absolute atomic E-state index is 0.0321. The molecule has 0 bridgehead atoms. The summed E-state index contributed by atoms with van der Waals surface area (Å²) in [6.07, 6.45) is 7.64. The first kappa shape index (κ1) is 18.6. The first-order chi connectivity index (χ1) is 13.1. The Morgan fingerprint density at radius 3 is 2.85 bits per heavy atom. The van der Waals surface area contributed by atoms with Crippen LogP contribution < -0.4 is 5.32 Å². The normalized spacial score (nSPS) is 17.9. The highest BCUT2D eigenvalue weighted by atomic mass is 79.9. The van der Waals surface area contributed by atoms with Gasteiger partial charge >= 0.3 is 0 Å². The van der Waals surface area contributed by atoms with Crippen molar-refractivity contribution in [2.45, 2.75) is 19.4 Å². The zero-order valence-corrected chi connectivity index (χ0v) is 17.8. The average Bonchev–Trinajstić information content (AvgIpc) is 3.05. The fourth-order valence-corrected chi connectivity index (χ4v) is 4.00. The first-order valence-electron chi connectivity index (χ1n) is 8.85. The minimum Gasteiger partial charge on any atom is -0.310 e. The second kappa shape index (κ2) is 8.08. The van der Waals surface area contributed by atoms with Crippen LogP contribution >= 0.6 is 31.9 Å². The van der Waals surface area contributed by atoms with Crippen LogP contribution in [0.3, 0.4) is 0 Å². The Hall–Kier alpha value is -1.77. The van der Waals surface area contributed by atoms with E-state index in [1.807, 2.05) is 28.8 Å². The molecule has 1 amide bonds. The maximum atomic E-state index is 12.6. The maximum Gasteiger partial charge on any atom is 0.229 e. The van der Waals surface area contributed by atoms with E-state index in [9.17, 15) is 4.79 Å². The number of amides is 1. The van der Waals surface area contributed by atoms with Gasteiger partial charge in [0.25, 0.3) is 0 Å². The van der Waals surface area contributed by atoms with E-state index in [4.69, 9.17) is 0 Å². The van der Waals surface area contributed by atoms with E-state index < -0.39 is 0 Å². The van der Waals surface area contributed by atoms with Crippen molar-refractivity contribution in [3.8, 4) is 0 Å². The molecule has 3 aromatic rings. The average molecular weight is 493 g/mol. The number of anilines is 1. The molecule has 6 nitrogen and oxygen atoms in total. The lowest BCUT2D eigenvalue weighted by Gasteiger charge is -2.31. The van der Waals surface area contributed by atoms with Crippen LogP contribution in [-0.4, -0.2) is 38.3 Å². The van der Waals surface area contributed by atoms with Gasteiger partial charge in [0.2, 0.25) is 5.91 Å². The summed E-state index contributed by atoms with van der Waals surface area (Å²) in [5, 5.41) is 2.93. The molecule has 0 radical (unpaired) electrons. The number of hydrogen-bond donors (Lipinski definition) is 1. The van der Waals surface area contributed by atoms with Gasteiger partial charge < -0.3 is 9.72 Å². The summed E-state index contributed by atoms with van der Waals surface area (Å²) in [4.78, 5) is 23.8. The van der Waals surface area contributed by atoms with Crippen LogP contribution in [0, 0.1) is 5.92 Å². The van der Waals surface area contributed by atoms with Crippen LogP contribution in [0.1, 0.15) is 18.5 Å². The van der Waals surface area contributed by atoms with Crippen LogP contribution in [0.15, 0.2) is 51.8 Å². The number of aromatic nitrogens is 3. The van der Waals surface area contributed by atoms with E-state index in [1.54, 1.807) is 12.3 Å². The van der Waals surface area contributed by atoms with Crippen molar-refractivity contribution >= 4 is 49.2 Å². The van der Waals surface area contributed by atoms with Crippen molar-refractivity contribution in [1.82, 2.24) is 19.3 Å². The zero-order valence-electron chi connectivity index (χ0n) is 14.6. The Kier molecular flexibility index (Phi) is 5.56. The standard InChI is InChI=1S/C19H19Br2N5O/c20-14-3-5-17(22-8-14)24-19(27)13-2-1-7-25(9-13)11-16-12-26-10-15(21)4-6-18(26)23-16/h3-6,8,10,12-13H,1-2,7,9,11H2,(H,22,24,27). The Bertz CT molecular complexity index is 956. The number of piperidine rings is 1. The molecule has 8 heteroatoms. The lowest BCUT2D eigenvalue weighted by Crippen LogP contribution is -2.40. The lowest BCUT2D eigenvalue weighted by molar-refractivity contribution is -0.121. The third-order valence-electron chi connectivity index (χ3n) is 4.71. The monoisotopic (exact) mass is 491 g/mol. The zero-order chi connectivity index (χ0) is 18.8. The van der Waals surface area contributed by atoms with Crippen LogP contribution in [0.25, 0.3) is 5.65 Å². The van der Waals surface area contributed by atoms with Crippen molar-refractivity contribution in [2.24, 2.45) is 5.92 Å². The van der Waals surface area contributed by atoms with E-state index in [2.05, 4.69) is 58.2 Å². The highest BCUT2D eigenvalue weighted by Gasteiger charge is 2.26. The van der Waals surface area contributed by atoms with Crippen LogP contribution in [-0.2, 0) is 11.3 Å². The van der Waals surface area contributed by atoms with Crippen molar-refractivity contribution in [3.63, 3.8) is 0 Å². The number of likely N-dealkylation sites (tertiary alicyclic amines) is 1. The highest BCUT2D eigenvalue weighted by Crippen LogP contribution is 2.21. The smallest absolute Gasteiger partial charge is 0.229 e. The number of imidazole rings is 1. The molecule has 0 aliphatic carbocycles. The summed E-state index contributed by atoms with van der Waals surface area (Å²) in [5.74, 6) is 0.593. The number of halogens is 2. The summed E-state index contributed by atoms with van der Waals surface area (Å²) in [6, 6.07) is 7.66. The number of pyridine rings is 2. The molecule has 1 aliphatic rings. The largest absolute Gasteiger partial charge is 0.310 e. The molecule has 1 N–H and O–H groups in total. The molecular weight excluding hydrogens is 474 g/mol. The fraction of sp³-hybridized carbons (Fsp3) is 0.316. The summed E-state index contributed by atoms with van der Waals surface area (Å²) >= 11 is 6.84.